The van der Waals surface area contributed by atoms with E-state index in [0.29, 0.717) is 6.54 Å². The Morgan fingerprint density at radius 1 is 0.960 bits per heavy atom. The van der Waals surface area contributed by atoms with Gasteiger partial charge < -0.3 is 0 Å². The summed E-state index contributed by atoms with van der Waals surface area (Å²) in [6, 6.07) is 14.3. The van der Waals surface area contributed by atoms with Crippen LogP contribution < -0.4 is 4.31 Å². The smallest absolute Gasteiger partial charge is 0.264 e. The van der Waals surface area contributed by atoms with E-state index in [1.54, 1.807) is 48.4 Å². The van der Waals surface area contributed by atoms with Gasteiger partial charge in [0.15, 0.2) is 0 Å². The molecule has 2 aromatic carbocycles. The number of thioether (sulfide) groups is 1. The quantitative estimate of drug-likeness (QED) is 0.707. The fourth-order valence-electron chi connectivity index (χ4n) is 2.80. The number of fused-ring (bicyclic) bond motifs is 1. The van der Waals surface area contributed by atoms with E-state index in [1.807, 2.05) is 24.3 Å². The first-order valence-electron chi connectivity index (χ1n) is 7.81. The van der Waals surface area contributed by atoms with Crippen LogP contribution in [0.1, 0.15) is 5.56 Å². The molecule has 4 rings (SSSR count). The molecule has 128 valence electrons. The number of anilines is 1. The second-order valence-corrected chi connectivity index (χ2v) is 8.54. The lowest BCUT2D eigenvalue weighted by Gasteiger charge is -2.24. The summed E-state index contributed by atoms with van der Waals surface area (Å²) in [7, 11) is -3.61. The van der Waals surface area contributed by atoms with Crippen LogP contribution in [-0.2, 0) is 15.8 Å². The van der Waals surface area contributed by atoms with Crippen molar-refractivity contribution in [3.63, 3.8) is 0 Å². The molecule has 0 saturated carbocycles. The van der Waals surface area contributed by atoms with Crippen LogP contribution in [0.15, 0.2) is 65.8 Å². The summed E-state index contributed by atoms with van der Waals surface area (Å²) in [6.45, 7) is 0.465. The normalized spacial score (nSPS) is 14.8. The van der Waals surface area contributed by atoms with E-state index in [2.05, 4.69) is 10.2 Å². The van der Waals surface area contributed by atoms with Crippen molar-refractivity contribution in [2.24, 2.45) is 0 Å². The number of rotatable bonds is 3. The molecule has 0 amide bonds. The van der Waals surface area contributed by atoms with Crippen molar-refractivity contribution in [2.75, 3.05) is 16.6 Å². The first-order valence-corrected chi connectivity index (χ1v) is 10.4. The highest BCUT2D eigenvalue weighted by molar-refractivity contribution is 7.98. The molecule has 2 heterocycles. The van der Waals surface area contributed by atoms with Gasteiger partial charge in [-0.2, -0.15) is 26.8 Å². The van der Waals surface area contributed by atoms with Gasteiger partial charge in [-0.05, 0) is 35.9 Å². The number of nitrogens with zero attached hydrogens (tertiary/aromatic N) is 4. The Kier molecular flexibility index (Phi) is 4.22. The molecule has 0 radical (unpaired) electrons. The predicted octanol–water partition coefficient (Wildman–Crippen LogP) is 2.71. The Balaban J connectivity index is 1.72. The van der Waals surface area contributed by atoms with E-state index < -0.39 is 10.0 Å². The van der Waals surface area contributed by atoms with Crippen LogP contribution in [0.4, 0.5) is 5.69 Å². The van der Waals surface area contributed by atoms with Crippen molar-refractivity contribution in [1.29, 1.82) is 0 Å². The Hall–Kier alpha value is -2.32. The zero-order chi connectivity index (χ0) is 17.3. The summed E-state index contributed by atoms with van der Waals surface area (Å²) in [5.41, 5.74) is 2.53. The van der Waals surface area contributed by atoms with Gasteiger partial charge in [0, 0.05) is 18.1 Å². The second-order valence-electron chi connectivity index (χ2n) is 5.57. The van der Waals surface area contributed by atoms with Crippen molar-refractivity contribution in [3.8, 4) is 5.69 Å². The van der Waals surface area contributed by atoms with E-state index in [0.717, 1.165) is 28.4 Å². The van der Waals surface area contributed by atoms with Crippen LogP contribution in [0.25, 0.3) is 5.69 Å². The second kappa shape index (κ2) is 6.53. The van der Waals surface area contributed by atoms with Crippen molar-refractivity contribution in [3.05, 3.63) is 66.5 Å². The standard InChI is InChI=1S/C17H16N4O2S2/c22-25(23,16-7-5-15(6-8-16)21-18-9-10-19-21)20-11-12-24-13-14-3-1-2-4-17(14)20/h1-10H,11-13H2. The van der Waals surface area contributed by atoms with Gasteiger partial charge in [0.25, 0.3) is 10.0 Å². The molecule has 0 atom stereocenters. The zero-order valence-electron chi connectivity index (χ0n) is 13.3. The van der Waals surface area contributed by atoms with E-state index in [9.17, 15) is 8.42 Å². The lowest BCUT2D eigenvalue weighted by molar-refractivity contribution is 0.592. The summed E-state index contributed by atoms with van der Waals surface area (Å²) in [5, 5.41) is 8.11. The minimum absolute atomic E-state index is 0.269. The molecule has 1 aromatic heterocycles. The molecule has 25 heavy (non-hydrogen) atoms. The highest BCUT2D eigenvalue weighted by Crippen LogP contribution is 2.32. The number of benzene rings is 2. The predicted molar refractivity (Wildman–Crippen MR) is 98.5 cm³/mol. The molecule has 0 N–H and O–H groups in total. The molecule has 8 heteroatoms. The maximum absolute atomic E-state index is 13.2. The minimum Gasteiger partial charge on any atom is -0.265 e. The molecule has 0 aliphatic carbocycles. The third-order valence-corrected chi connectivity index (χ3v) is 6.84. The molecule has 6 nitrogen and oxygen atoms in total. The molecule has 1 aliphatic heterocycles. The van der Waals surface area contributed by atoms with Crippen LogP contribution >= 0.6 is 11.8 Å². The van der Waals surface area contributed by atoms with Crippen molar-refractivity contribution < 1.29 is 8.42 Å². The number of aromatic nitrogens is 3. The average molecular weight is 372 g/mol. The Morgan fingerprint density at radius 2 is 1.68 bits per heavy atom. The Bertz CT molecular complexity index is 970. The number of hydrogen-bond donors (Lipinski definition) is 0. The average Bonchev–Trinajstić information content (AvgIpc) is 3.08. The third kappa shape index (κ3) is 3.03. The maximum atomic E-state index is 13.2. The summed E-state index contributed by atoms with van der Waals surface area (Å²) in [6.07, 6.45) is 3.16. The van der Waals surface area contributed by atoms with Gasteiger partial charge >= 0.3 is 0 Å². The summed E-state index contributed by atoms with van der Waals surface area (Å²) in [4.78, 5) is 1.72. The number of hydrogen-bond acceptors (Lipinski definition) is 5. The lowest BCUT2D eigenvalue weighted by Crippen LogP contribution is -2.32. The largest absolute Gasteiger partial charge is 0.265 e. The molecule has 0 spiro atoms. The van der Waals surface area contributed by atoms with Gasteiger partial charge in [0.1, 0.15) is 0 Å². The van der Waals surface area contributed by atoms with E-state index in [1.165, 1.54) is 9.10 Å². The van der Waals surface area contributed by atoms with Crippen molar-refractivity contribution >= 4 is 27.5 Å². The van der Waals surface area contributed by atoms with Crippen LogP contribution in [0.3, 0.4) is 0 Å². The Morgan fingerprint density at radius 3 is 2.44 bits per heavy atom. The minimum atomic E-state index is -3.61. The molecular formula is C17H16N4O2S2. The molecule has 0 saturated heterocycles. The Labute approximate surface area is 150 Å². The zero-order valence-corrected chi connectivity index (χ0v) is 14.9. The maximum Gasteiger partial charge on any atom is 0.264 e. The summed E-state index contributed by atoms with van der Waals surface area (Å²) < 4.78 is 27.9. The molecule has 0 fully saturated rings. The molecule has 0 bridgehead atoms. The molecular weight excluding hydrogens is 356 g/mol. The number of sulfonamides is 1. The monoisotopic (exact) mass is 372 g/mol. The van der Waals surface area contributed by atoms with Crippen molar-refractivity contribution in [1.82, 2.24) is 15.0 Å². The van der Waals surface area contributed by atoms with Crippen LogP contribution in [0.2, 0.25) is 0 Å². The summed E-state index contributed by atoms with van der Waals surface area (Å²) >= 11 is 1.75. The summed E-state index contributed by atoms with van der Waals surface area (Å²) in [5.74, 6) is 1.59. The van der Waals surface area contributed by atoms with Gasteiger partial charge in [-0.3, -0.25) is 4.31 Å². The first kappa shape index (κ1) is 16.2. The highest BCUT2D eigenvalue weighted by Gasteiger charge is 2.28. The van der Waals surface area contributed by atoms with Crippen LogP contribution in [0.5, 0.6) is 0 Å². The molecule has 3 aromatic rings. The molecule has 0 unspecified atom stereocenters. The van der Waals surface area contributed by atoms with E-state index in [-0.39, 0.29) is 4.90 Å². The van der Waals surface area contributed by atoms with Gasteiger partial charge in [-0.15, -0.1) is 0 Å². The van der Waals surface area contributed by atoms with Crippen molar-refractivity contribution in [2.45, 2.75) is 10.6 Å². The SMILES string of the molecule is O=S(=O)(c1ccc(-n2nccn2)cc1)N1CCSCc2ccccc21. The van der Waals surface area contributed by atoms with Gasteiger partial charge in [-0.25, -0.2) is 8.42 Å². The lowest BCUT2D eigenvalue weighted by atomic mass is 10.2. The van der Waals surface area contributed by atoms with Gasteiger partial charge in [0.05, 0.1) is 28.7 Å². The highest BCUT2D eigenvalue weighted by atomic mass is 32.2. The first-order chi connectivity index (χ1) is 12.2. The fraction of sp³-hybridized carbons (Fsp3) is 0.176. The van der Waals surface area contributed by atoms with Crippen LogP contribution in [0, 0.1) is 0 Å². The third-order valence-electron chi connectivity index (χ3n) is 4.03. The van der Waals surface area contributed by atoms with Crippen LogP contribution in [-0.4, -0.2) is 35.7 Å². The van der Waals surface area contributed by atoms with Gasteiger partial charge in [0.2, 0.25) is 0 Å². The fourth-order valence-corrected chi connectivity index (χ4v) is 5.34. The topological polar surface area (TPSA) is 68.1 Å². The van der Waals surface area contributed by atoms with E-state index >= 15 is 0 Å². The van der Waals surface area contributed by atoms with Gasteiger partial charge in [-0.1, -0.05) is 18.2 Å². The molecule has 1 aliphatic rings. The van der Waals surface area contributed by atoms with E-state index in [4.69, 9.17) is 0 Å². The number of para-hydroxylation sites is 1.